The lowest BCUT2D eigenvalue weighted by Crippen LogP contribution is -2.54. The van der Waals surface area contributed by atoms with E-state index in [2.05, 4.69) is 6.58 Å². The minimum atomic E-state index is -1.23. The Bertz CT molecular complexity index is 761. The number of hydrogen-bond donors (Lipinski definition) is 1. The molecule has 1 heterocycles. The van der Waals surface area contributed by atoms with Crippen LogP contribution < -0.4 is 0 Å². The van der Waals surface area contributed by atoms with E-state index in [0.717, 1.165) is 5.56 Å². The Morgan fingerprint density at radius 1 is 1.12 bits per heavy atom. The van der Waals surface area contributed by atoms with E-state index in [0.29, 0.717) is 11.1 Å². The largest absolute Gasteiger partial charge is 0.382 e. The van der Waals surface area contributed by atoms with Crippen molar-refractivity contribution in [2.24, 2.45) is 10.8 Å². The van der Waals surface area contributed by atoms with Crippen molar-refractivity contribution in [1.82, 2.24) is 0 Å². The molecule has 3 atom stereocenters. The van der Waals surface area contributed by atoms with E-state index in [4.69, 9.17) is 4.74 Å². The normalized spacial score (nSPS) is 32.0. The van der Waals surface area contributed by atoms with Crippen LogP contribution in [0.25, 0.3) is 5.57 Å². The first-order chi connectivity index (χ1) is 11.4. The first-order valence-electron chi connectivity index (χ1n) is 8.79. The average Bonchev–Trinajstić information content (AvgIpc) is 3.27. The van der Waals surface area contributed by atoms with Gasteiger partial charge < -0.3 is 9.84 Å². The van der Waals surface area contributed by atoms with Gasteiger partial charge in [0.1, 0.15) is 11.7 Å². The van der Waals surface area contributed by atoms with Crippen molar-refractivity contribution in [1.29, 1.82) is 0 Å². The molecule has 1 aromatic rings. The van der Waals surface area contributed by atoms with E-state index in [-0.39, 0.29) is 5.78 Å². The monoisotopic (exact) mass is 340 g/mol. The summed E-state index contributed by atoms with van der Waals surface area (Å²) in [5.41, 5.74) is -1.17. The number of fused-ring (bicyclic) bond motifs is 1. The Morgan fingerprint density at radius 3 is 2.16 bits per heavy atom. The molecule has 3 heteroatoms. The highest BCUT2D eigenvalue weighted by atomic mass is 16.6. The zero-order valence-electron chi connectivity index (χ0n) is 16.0. The van der Waals surface area contributed by atoms with Crippen molar-refractivity contribution < 1.29 is 14.6 Å². The number of epoxide rings is 1. The topological polar surface area (TPSA) is 49.8 Å². The SMILES string of the molecule is C=C(c1ccccc1)C12OC1C(O)(C(C)(C)C)C=C(C(C)(C)C)C2=O. The standard InChI is InChI=1S/C22H28O3/c1-14(15-11-9-8-10-12-15)22-17(23)16(19(2,3)4)13-21(24,18(22)25-22)20(5,6)7/h8-13,18,24H,1H2,2-7H3. The van der Waals surface area contributed by atoms with Crippen molar-refractivity contribution in [3.05, 3.63) is 54.1 Å². The number of hydrogen-bond acceptors (Lipinski definition) is 3. The van der Waals surface area contributed by atoms with Gasteiger partial charge in [-0.2, -0.15) is 0 Å². The molecular weight excluding hydrogens is 312 g/mol. The van der Waals surface area contributed by atoms with Crippen LogP contribution >= 0.6 is 0 Å². The molecule has 1 aliphatic heterocycles. The third kappa shape index (κ3) is 2.44. The van der Waals surface area contributed by atoms with Crippen LogP contribution in [0, 0.1) is 10.8 Å². The summed E-state index contributed by atoms with van der Waals surface area (Å²) in [6.07, 6.45) is 1.13. The smallest absolute Gasteiger partial charge is 0.198 e. The van der Waals surface area contributed by atoms with E-state index in [1.165, 1.54) is 0 Å². The van der Waals surface area contributed by atoms with Gasteiger partial charge in [0.2, 0.25) is 0 Å². The molecule has 1 aromatic carbocycles. The highest BCUT2D eigenvalue weighted by molar-refractivity contribution is 6.15. The van der Waals surface area contributed by atoms with Crippen LogP contribution in [-0.4, -0.2) is 28.2 Å². The third-order valence-corrected chi connectivity index (χ3v) is 5.54. The zero-order chi connectivity index (χ0) is 18.8. The van der Waals surface area contributed by atoms with Crippen molar-refractivity contribution in [2.75, 3.05) is 0 Å². The lowest BCUT2D eigenvalue weighted by Gasteiger charge is -2.42. The maximum absolute atomic E-state index is 13.4. The Morgan fingerprint density at radius 2 is 1.68 bits per heavy atom. The molecule has 1 saturated heterocycles. The van der Waals surface area contributed by atoms with E-state index >= 15 is 0 Å². The molecule has 25 heavy (non-hydrogen) atoms. The molecule has 3 unspecified atom stereocenters. The second kappa shape index (κ2) is 5.15. The molecule has 0 aromatic heterocycles. The number of carbonyl (C=O) groups excluding carboxylic acids is 1. The fourth-order valence-corrected chi connectivity index (χ4v) is 3.67. The Kier molecular flexibility index (Phi) is 3.73. The molecule has 3 nitrogen and oxygen atoms in total. The summed E-state index contributed by atoms with van der Waals surface area (Å²) >= 11 is 0. The van der Waals surface area contributed by atoms with Gasteiger partial charge >= 0.3 is 0 Å². The lowest BCUT2D eigenvalue weighted by atomic mass is 9.61. The summed E-state index contributed by atoms with van der Waals surface area (Å²) in [4.78, 5) is 13.4. The van der Waals surface area contributed by atoms with Gasteiger partial charge in [-0.15, -0.1) is 0 Å². The molecule has 2 aliphatic rings. The molecule has 0 amide bonds. The number of aliphatic hydroxyl groups is 1. The van der Waals surface area contributed by atoms with Crippen molar-refractivity contribution >= 4 is 11.4 Å². The third-order valence-electron chi connectivity index (χ3n) is 5.54. The first-order valence-corrected chi connectivity index (χ1v) is 8.79. The van der Waals surface area contributed by atoms with Gasteiger partial charge in [0.15, 0.2) is 11.4 Å². The number of Topliss-reactive ketones (excluding diaryl/α,β-unsaturated/α-hetero) is 1. The summed E-state index contributed by atoms with van der Waals surface area (Å²) in [7, 11) is 0. The van der Waals surface area contributed by atoms with Gasteiger partial charge in [-0.1, -0.05) is 78.5 Å². The Balaban J connectivity index is 2.17. The number of ether oxygens (including phenoxy) is 1. The predicted octanol–water partition coefficient (Wildman–Crippen LogP) is 4.17. The fraction of sp³-hybridized carbons (Fsp3) is 0.500. The van der Waals surface area contributed by atoms with Gasteiger partial charge in [0, 0.05) is 5.57 Å². The van der Waals surface area contributed by atoms with Gasteiger partial charge in [-0.25, -0.2) is 0 Å². The second-order valence-electron chi connectivity index (χ2n) is 9.29. The molecule has 1 aliphatic carbocycles. The average molecular weight is 340 g/mol. The first kappa shape index (κ1) is 18.1. The van der Waals surface area contributed by atoms with Crippen LogP contribution in [0.4, 0.5) is 0 Å². The maximum atomic E-state index is 13.4. The molecule has 0 saturated carbocycles. The van der Waals surface area contributed by atoms with Crippen LogP contribution in [0.2, 0.25) is 0 Å². The molecule has 0 spiro atoms. The maximum Gasteiger partial charge on any atom is 0.198 e. The minimum absolute atomic E-state index is 0.0761. The minimum Gasteiger partial charge on any atom is -0.382 e. The molecule has 134 valence electrons. The summed E-state index contributed by atoms with van der Waals surface area (Å²) in [6, 6.07) is 9.60. The lowest BCUT2D eigenvalue weighted by molar-refractivity contribution is -0.120. The number of rotatable bonds is 2. The van der Waals surface area contributed by atoms with Crippen LogP contribution in [-0.2, 0) is 9.53 Å². The summed E-state index contributed by atoms with van der Waals surface area (Å²) in [5, 5.41) is 11.5. The van der Waals surface area contributed by atoms with Crippen LogP contribution in [0.15, 0.2) is 48.6 Å². The molecule has 3 rings (SSSR count). The van der Waals surface area contributed by atoms with Crippen molar-refractivity contribution in [2.45, 2.75) is 58.8 Å². The quantitative estimate of drug-likeness (QED) is 0.822. The van der Waals surface area contributed by atoms with Crippen molar-refractivity contribution in [3.63, 3.8) is 0 Å². The highest BCUT2D eigenvalue weighted by Gasteiger charge is 2.76. The van der Waals surface area contributed by atoms with Gasteiger partial charge in [0.05, 0.1) is 0 Å². The summed E-state index contributed by atoms with van der Waals surface area (Å²) in [6.45, 7) is 16.1. The van der Waals surface area contributed by atoms with E-state index < -0.39 is 28.1 Å². The summed E-state index contributed by atoms with van der Waals surface area (Å²) < 4.78 is 6.01. The van der Waals surface area contributed by atoms with Crippen molar-refractivity contribution in [3.8, 4) is 0 Å². The second-order valence-corrected chi connectivity index (χ2v) is 9.29. The molecule has 0 radical (unpaired) electrons. The number of ketones is 1. The predicted molar refractivity (Wildman–Crippen MR) is 100 cm³/mol. The van der Waals surface area contributed by atoms with Gasteiger partial charge in [-0.3, -0.25) is 4.79 Å². The van der Waals surface area contributed by atoms with Gasteiger partial charge in [0.25, 0.3) is 0 Å². The van der Waals surface area contributed by atoms with E-state index in [1.54, 1.807) is 6.08 Å². The number of carbonyl (C=O) groups is 1. The van der Waals surface area contributed by atoms with Crippen LogP contribution in [0.3, 0.4) is 0 Å². The van der Waals surface area contributed by atoms with E-state index in [9.17, 15) is 9.90 Å². The fourth-order valence-electron chi connectivity index (χ4n) is 3.67. The van der Waals surface area contributed by atoms with E-state index in [1.807, 2.05) is 71.9 Å². The highest BCUT2D eigenvalue weighted by Crippen LogP contribution is 2.61. The summed E-state index contributed by atoms with van der Waals surface area (Å²) in [5.74, 6) is -0.0761. The van der Waals surface area contributed by atoms with Gasteiger partial charge in [-0.05, 0) is 28.0 Å². The number of benzene rings is 1. The molecule has 1 fully saturated rings. The molecular formula is C22H28O3. The Hall–Kier alpha value is -1.71. The molecule has 0 bridgehead atoms. The molecule has 1 N–H and O–H groups in total. The zero-order valence-corrected chi connectivity index (χ0v) is 16.0. The Labute approximate surface area is 150 Å². The van der Waals surface area contributed by atoms with Crippen LogP contribution in [0.1, 0.15) is 47.1 Å². The van der Waals surface area contributed by atoms with Crippen LogP contribution in [0.5, 0.6) is 0 Å².